The highest BCUT2D eigenvalue weighted by atomic mass is 16.5. The van der Waals surface area contributed by atoms with E-state index < -0.39 is 0 Å². The first-order chi connectivity index (χ1) is 9.60. The third kappa shape index (κ3) is 3.05. The van der Waals surface area contributed by atoms with Gasteiger partial charge in [0.2, 0.25) is 11.8 Å². The van der Waals surface area contributed by atoms with Crippen molar-refractivity contribution in [1.82, 2.24) is 4.98 Å². The van der Waals surface area contributed by atoms with E-state index in [0.717, 1.165) is 0 Å². The van der Waals surface area contributed by atoms with Crippen molar-refractivity contribution < 1.29 is 9.53 Å². The van der Waals surface area contributed by atoms with Gasteiger partial charge in [0.1, 0.15) is 11.6 Å². The number of benzene rings is 1. The number of nitrogens with one attached hydrogen (secondary N) is 3. The summed E-state index contributed by atoms with van der Waals surface area (Å²) in [5.41, 5.74) is 6.70. The van der Waals surface area contributed by atoms with Crippen molar-refractivity contribution in [3.8, 4) is 5.75 Å². The minimum Gasteiger partial charge on any atom is -0.439 e. The van der Waals surface area contributed by atoms with Crippen molar-refractivity contribution in [3.63, 3.8) is 0 Å². The molecule has 0 aliphatic rings. The maximum atomic E-state index is 11.2. The summed E-state index contributed by atoms with van der Waals surface area (Å²) in [6.07, 6.45) is 2.80. The smallest absolute Gasteiger partial charge is 0.247 e. The third-order valence-corrected chi connectivity index (χ3v) is 2.53. The van der Waals surface area contributed by atoms with Crippen LogP contribution in [0.15, 0.2) is 49.2 Å². The molecule has 0 saturated carbocycles. The van der Waals surface area contributed by atoms with Crippen molar-refractivity contribution in [2.24, 2.45) is 0 Å². The van der Waals surface area contributed by atoms with E-state index in [1.165, 1.54) is 6.08 Å². The summed E-state index contributed by atoms with van der Waals surface area (Å²) >= 11 is 0. The number of aromatic nitrogens is 1. The van der Waals surface area contributed by atoms with Crippen molar-refractivity contribution >= 4 is 23.3 Å². The molecule has 1 aromatic carbocycles. The van der Waals surface area contributed by atoms with Gasteiger partial charge in [0.25, 0.3) is 0 Å². The number of nitrogens with two attached hydrogens (primary N) is 1. The van der Waals surface area contributed by atoms with E-state index in [2.05, 4.69) is 16.9 Å². The molecular formula is C14H14N4O2. The van der Waals surface area contributed by atoms with E-state index in [1.807, 2.05) is 0 Å². The molecule has 0 saturated heterocycles. The van der Waals surface area contributed by atoms with Crippen LogP contribution in [0.2, 0.25) is 0 Å². The molecule has 6 nitrogen and oxygen atoms in total. The molecule has 2 aromatic rings. The Morgan fingerprint density at radius 2 is 2.25 bits per heavy atom. The number of anilines is 2. The van der Waals surface area contributed by atoms with Gasteiger partial charge in [-0.25, -0.2) is 0 Å². The fraction of sp³-hybridized carbons (Fsp3) is 0. The van der Waals surface area contributed by atoms with Crippen LogP contribution in [0.3, 0.4) is 0 Å². The zero-order valence-electron chi connectivity index (χ0n) is 10.6. The second kappa shape index (κ2) is 5.75. The number of ether oxygens (including phenoxy) is 1. The maximum absolute atomic E-state index is 11.2. The number of carbonyl (C=O) groups excluding carboxylic acids is 1. The highest BCUT2D eigenvalue weighted by Gasteiger charge is 2.09. The first-order valence-electron chi connectivity index (χ1n) is 5.83. The lowest BCUT2D eigenvalue weighted by Crippen LogP contribution is -2.11. The summed E-state index contributed by atoms with van der Waals surface area (Å²) in [5.74, 6) is 0.409. The van der Waals surface area contributed by atoms with Crippen molar-refractivity contribution in [3.05, 3.63) is 54.7 Å². The van der Waals surface area contributed by atoms with Gasteiger partial charge in [-0.05, 0) is 24.3 Å². The van der Waals surface area contributed by atoms with Gasteiger partial charge in [-0.3, -0.25) is 10.2 Å². The van der Waals surface area contributed by atoms with Gasteiger partial charge >= 0.3 is 0 Å². The summed E-state index contributed by atoms with van der Waals surface area (Å²) in [6, 6.07) is 8.37. The van der Waals surface area contributed by atoms with Crippen LogP contribution in [-0.2, 0) is 4.79 Å². The lowest BCUT2D eigenvalue weighted by atomic mass is 10.3. The fourth-order valence-electron chi connectivity index (χ4n) is 1.58. The van der Waals surface area contributed by atoms with E-state index >= 15 is 0 Å². The molecule has 2 rings (SSSR count). The molecule has 0 spiro atoms. The van der Waals surface area contributed by atoms with E-state index in [4.69, 9.17) is 15.9 Å². The van der Waals surface area contributed by atoms with Gasteiger partial charge in [0.15, 0.2) is 0 Å². The molecule has 0 radical (unpaired) electrons. The molecule has 6 heteroatoms. The quantitative estimate of drug-likeness (QED) is 0.388. The summed E-state index contributed by atoms with van der Waals surface area (Å²) in [5, 5.41) is 10.5. The highest BCUT2D eigenvalue weighted by molar-refractivity contribution is 5.99. The number of nitrogen functional groups attached to an aromatic ring is 1. The van der Waals surface area contributed by atoms with Crippen LogP contribution in [0, 0.1) is 5.41 Å². The average Bonchev–Trinajstić information content (AvgIpc) is 2.85. The number of H-pyrrole nitrogens is 1. The molecule has 20 heavy (non-hydrogen) atoms. The monoisotopic (exact) mass is 270 g/mol. The zero-order valence-corrected chi connectivity index (χ0v) is 10.6. The van der Waals surface area contributed by atoms with Gasteiger partial charge in [-0.1, -0.05) is 12.6 Å². The standard InChI is InChI=1S/C14H14N4O2/c1-2-12(19)18-9-4-3-5-10(8-9)20-14(16)11-6-7-17-13(11)15/h2-8,16-17H,1,15H2,(H,18,19). The van der Waals surface area contributed by atoms with E-state index in [9.17, 15) is 4.79 Å². The Labute approximate surface area is 115 Å². The predicted molar refractivity (Wildman–Crippen MR) is 77.9 cm³/mol. The SMILES string of the molecule is C=CC(=O)Nc1cccc(OC(=N)c2cc[nH]c2N)c1. The van der Waals surface area contributed by atoms with E-state index in [0.29, 0.717) is 22.8 Å². The Bertz CT molecular complexity index is 661. The number of hydrogen-bond donors (Lipinski definition) is 4. The minimum absolute atomic E-state index is 0.0732. The van der Waals surface area contributed by atoms with E-state index in [1.54, 1.807) is 36.5 Å². The molecule has 1 amide bonds. The Hall–Kier alpha value is -3.02. The second-order valence-corrected chi connectivity index (χ2v) is 3.96. The molecule has 1 aromatic heterocycles. The lowest BCUT2D eigenvalue weighted by Gasteiger charge is -2.08. The molecule has 5 N–H and O–H groups in total. The van der Waals surface area contributed by atoms with Gasteiger partial charge < -0.3 is 20.8 Å². The number of carbonyl (C=O) groups is 1. The summed E-state index contributed by atoms with van der Waals surface area (Å²) in [6.45, 7) is 3.38. The maximum Gasteiger partial charge on any atom is 0.247 e. The first-order valence-corrected chi connectivity index (χ1v) is 5.83. The normalized spacial score (nSPS) is 9.80. The van der Waals surface area contributed by atoms with Crippen molar-refractivity contribution in [2.75, 3.05) is 11.1 Å². The lowest BCUT2D eigenvalue weighted by molar-refractivity contribution is -0.111. The predicted octanol–water partition coefficient (Wildman–Crippen LogP) is 2.13. The Balaban J connectivity index is 2.12. The largest absolute Gasteiger partial charge is 0.439 e. The number of amides is 1. The third-order valence-electron chi connectivity index (χ3n) is 2.53. The molecular weight excluding hydrogens is 256 g/mol. The van der Waals surface area contributed by atoms with Crippen LogP contribution in [-0.4, -0.2) is 16.8 Å². The Kier molecular flexibility index (Phi) is 3.85. The molecule has 0 fully saturated rings. The number of hydrogen-bond acceptors (Lipinski definition) is 4. The van der Waals surface area contributed by atoms with Crippen LogP contribution < -0.4 is 15.8 Å². The fourth-order valence-corrected chi connectivity index (χ4v) is 1.58. The molecule has 102 valence electrons. The van der Waals surface area contributed by atoms with Crippen molar-refractivity contribution in [1.29, 1.82) is 5.41 Å². The molecule has 1 heterocycles. The summed E-state index contributed by atoms with van der Waals surface area (Å²) in [7, 11) is 0. The van der Waals surface area contributed by atoms with Gasteiger partial charge in [0.05, 0.1) is 5.56 Å². The number of rotatable bonds is 4. The first kappa shape index (κ1) is 13.4. The van der Waals surface area contributed by atoms with Gasteiger partial charge in [0, 0.05) is 18.0 Å². The minimum atomic E-state index is -0.313. The Morgan fingerprint density at radius 1 is 1.45 bits per heavy atom. The molecule has 0 bridgehead atoms. The van der Waals surface area contributed by atoms with Crippen LogP contribution in [0.4, 0.5) is 11.5 Å². The topological polar surface area (TPSA) is 104 Å². The van der Waals surface area contributed by atoms with Crippen LogP contribution in [0.1, 0.15) is 5.56 Å². The van der Waals surface area contributed by atoms with Gasteiger partial charge in [-0.15, -0.1) is 0 Å². The number of aromatic amines is 1. The molecule has 0 unspecified atom stereocenters. The van der Waals surface area contributed by atoms with Crippen LogP contribution >= 0.6 is 0 Å². The van der Waals surface area contributed by atoms with Gasteiger partial charge in [-0.2, -0.15) is 0 Å². The summed E-state index contributed by atoms with van der Waals surface area (Å²) < 4.78 is 5.40. The van der Waals surface area contributed by atoms with Crippen LogP contribution in [0.5, 0.6) is 5.75 Å². The van der Waals surface area contributed by atoms with Crippen LogP contribution in [0.25, 0.3) is 0 Å². The second-order valence-electron chi connectivity index (χ2n) is 3.96. The average molecular weight is 270 g/mol. The summed E-state index contributed by atoms with van der Waals surface area (Å²) in [4.78, 5) is 14.0. The molecule has 0 aliphatic carbocycles. The van der Waals surface area contributed by atoms with E-state index in [-0.39, 0.29) is 11.8 Å². The van der Waals surface area contributed by atoms with Crippen molar-refractivity contribution in [2.45, 2.75) is 0 Å². The highest BCUT2D eigenvalue weighted by Crippen LogP contribution is 2.19. The zero-order chi connectivity index (χ0) is 14.5. The molecule has 0 aliphatic heterocycles. The Morgan fingerprint density at radius 3 is 2.90 bits per heavy atom. The molecule has 0 atom stereocenters.